The molecule has 2 rings (SSSR count). The van der Waals surface area contributed by atoms with Crippen LogP contribution in [0.4, 0.5) is 0 Å². The number of nitrogens with one attached hydrogen (secondary N) is 1. The first-order chi connectivity index (χ1) is 8.25. The Morgan fingerprint density at radius 2 is 2.06 bits per heavy atom. The third-order valence-electron chi connectivity index (χ3n) is 3.71. The fourth-order valence-electron chi connectivity index (χ4n) is 2.21. The molecule has 0 bridgehead atoms. The van der Waals surface area contributed by atoms with Gasteiger partial charge in [-0.1, -0.05) is 19.9 Å². The van der Waals surface area contributed by atoms with E-state index in [9.17, 15) is 0 Å². The third-order valence-corrected chi connectivity index (χ3v) is 3.71. The van der Waals surface area contributed by atoms with Gasteiger partial charge >= 0.3 is 0 Å². The minimum absolute atomic E-state index is 0.592. The fourth-order valence-corrected chi connectivity index (χ4v) is 2.21. The smallest absolute Gasteiger partial charge is 0.115 e. The Balaban J connectivity index is 1.68. The predicted molar refractivity (Wildman–Crippen MR) is 70.8 cm³/mol. The number of ether oxygens (including phenoxy) is 1. The van der Waals surface area contributed by atoms with Gasteiger partial charge in [-0.05, 0) is 24.0 Å². The molecule has 3 nitrogen and oxygen atoms in total. The van der Waals surface area contributed by atoms with Crippen LogP contribution < -0.4 is 5.32 Å². The van der Waals surface area contributed by atoms with E-state index in [4.69, 9.17) is 4.74 Å². The van der Waals surface area contributed by atoms with Crippen molar-refractivity contribution in [2.75, 3.05) is 39.3 Å². The van der Waals surface area contributed by atoms with Crippen molar-refractivity contribution in [3.8, 4) is 0 Å². The highest BCUT2D eigenvalue weighted by atomic mass is 16.5. The molecule has 1 fully saturated rings. The fraction of sp³-hybridized carbons (Fsp3) is 0.714. The normalized spacial score (nSPS) is 30.1. The van der Waals surface area contributed by atoms with Gasteiger partial charge < -0.3 is 10.1 Å². The maximum atomic E-state index is 5.82. The summed E-state index contributed by atoms with van der Waals surface area (Å²) in [5.74, 6) is 2.27. The average Bonchev–Trinajstić information content (AvgIpc) is 2.35. The summed E-state index contributed by atoms with van der Waals surface area (Å²) in [6.45, 7) is 10.8. The summed E-state index contributed by atoms with van der Waals surface area (Å²) in [6.07, 6.45) is 6.59. The van der Waals surface area contributed by atoms with Crippen LogP contribution in [0.25, 0.3) is 0 Å². The molecule has 1 saturated heterocycles. The molecule has 3 heteroatoms. The van der Waals surface area contributed by atoms with Crippen LogP contribution in [0.1, 0.15) is 13.8 Å². The van der Waals surface area contributed by atoms with E-state index in [0.29, 0.717) is 11.8 Å². The van der Waals surface area contributed by atoms with E-state index < -0.39 is 0 Å². The van der Waals surface area contributed by atoms with Gasteiger partial charge in [-0.15, -0.1) is 0 Å². The van der Waals surface area contributed by atoms with Crippen molar-refractivity contribution in [2.45, 2.75) is 13.8 Å². The highest BCUT2D eigenvalue weighted by Crippen LogP contribution is 2.22. The van der Waals surface area contributed by atoms with Crippen molar-refractivity contribution >= 4 is 0 Å². The first-order valence-electron chi connectivity index (χ1n) is 6.71. The number of piperazine rings is 1. The van der Waals surface area contributed by atoms with Gasteiger partial charge in [0.05, 0.1) is 0 Å². The lowest BCUT2D eigenvalue weighted by Crippen LogP contribution is -2.44. The van der Waals surface area contributed by atoms with Crippen molar-refractivity contribution in [1.82, 2.24) is 10.2 Å². The average molecular weight is 236 g/mol. The molecule has 1 aliphatic heterocycles. The first-order valence-corrected chi connectivity index (χ1v) is 6.71. The van der Waals surface area contributed by atoms with Gasteiger partial charge in [0.1, 0.15) is 12.4 Å². The molecule has 1 aliphatic carbocycles. The summed E-state index contributed by atoms with van der Waals surface area (Å²) >= 11 is 0. The van der Waals surface area contributed by atoms with E-state index in [2.05, 4.69) is 42.3 Å². The van der Waals surface area contributed by atoms with Crippen LogP contribution in [-0.2, 0) is 4.74 Å². The van der Waals surface area contributed by atoms with Crippen molar-refractivity contribution in [3.05, 3.63) is 24.0 Å². The Hall–Kier alpha value is -0.800. The molecule has 96 valence electrons. The highest BCUT2D eigenvalue weighted by molar-refractivity contribution is 5.19. The van der Waals surface area contributed by atoms with Gasteiger partial charge in [-0.25, -0.2) is 0 Å². The van der Waals surface area contributed by atoms with Crippen LogP contribution >= 0.6 is 0 Å². The molecule has 1 N–H and O–H groups in total. The second kappa shape index (κ2) is 6.22. The van der Waals surface area contributed by atoms with Gasteiger partial charge in [0.25, 0.3) is 0 Å². The van der Waals surface area contributed by atoms with Crippen molar-refractivity contribution in [1.29, 1.82) is 0 Å². The molecule has 2 unspecified atom stereocenters. The molecule has 2 atom stereocenters. The van der Waals surface area contributed by atoms with Crippen LogP contribution in [0.3, 0.4) is 0 Å². The standard InChI is InChI=1S/C14H24N2O/c1-12-3-4-14(11-13(12)2)17-10-9-16-7-5-15-6-8-16/h3-4,11-13,15H,5-10H2,1-2H3. The molecule has 17 heavy (non-hydrogen) atoms. The minimum Gasteiger partial charge on any atom is -0.493 e. The van der Waals surface area contributed by atoms with Crippen LogP contribution in [0.2, 0.25) is 0 Å². The van der Waals surface area contributed by atoms with Crippen LogP contribution in [0.15, 0.2) is 24.0 Å². The number of hydrogen-bond donors (Lipinski definition) is 1. The molecule has 0 aromatic carbocycles. The van der Waals surface area contributed by atoms with Gasteiger partial charge in [-0.2, -0.15) is 0 Å². The van der Waals surface area contributed by atoms with Crippen LogP contribution in [-0.4, -0.2) is 44.2 Å². The number of rotatable bonds is 4. The van der Waals surface area contributed by atoms with Crippen molar-refractivity contribution < 1.29 is 4.74 Å². The molecule has 0 amide bonds. The monoisotopic (exact) mass is 236 g/mol. The zero-order valence-corrected chi connectivity index (χ0v) is 11.0. The lowest BCUT2D eigenvalue weighted by molar-refractivity contribution is 0.151. The summed E-state index contributed by atoms with van der Waals surface area (Å²) in [7, 11) is 0. The maximum Gasteiger partial charge on any atom is 0.115 e. The summed E-state index contributed by atoms with van der Waals surface area (Å²) < 4.78 is 5.82. The van der Waals surface area contributed by atoms with Gasteiger partial charge in [0.2, 0.25) is 0 Å². The predicted octanol–water partition coefficient (Wildman–Crippen LogP) is 1.63. The first kappa shape index (κ1) is 12.7. The van der Waals surface area contributed by atoms with Gasteiger partial charge in [0.15, 0.2) is 0 Å². The van der Waals surface area contributed by atoms with E-state index in [0.717, 1.165) is 45.1 Å². The molecule has 1 heterocycles. The van der Waals surface area contributed by atoms with E-state index in [1.54, 1.807) is 0 Å². The van der Waals surface area contributed by atoms with E-state index in [1.807, 2.05) is 0 Å². The largest absolute Gasteiger partial charge is 0.493 e. The molecule has 0 aromatic heterocycles. The van der Waals surface area contributed by atoms with Crippen molar-refractivity contribution in [3.63, 3.8) is 0 Å². The van der Waals surface area contributed by atoms with Crippen LogP contribution in [0.5, 0.6) is 0 Å². The summed E-state index contributed by atoms with van der Waals surface area (Å²) in [6, 6.07) is 0. The molecule has 0 saturated carbocycles. The third kappa shape index (κ3) is 3.86. The number of nitrogens with zero attached hydrogens (tertiary/aromatic N) is 1. The minimum atomic E-state index is 0.592. The molecule has 2 aliphatic rings. The quantitative estimate of drug-likeness (QED) is 0.803. The molecular formula is C14H24N2O. The Morgan fingerprint density at radius 1 is 1.29 bits per heavy atom. The second-order valence-corrected chi connectivity index (χ2v) is 5.09. The summed E-state index contributed by atoms with van der Waals surface area (Å²) in [4.78, 5) is 2.45. The Bertz CT molecular complexity index is 293. The number of hydrogen-bond acceptors (Lipinski definition) is 3. The zero-order chi connectivity index (χ0) is 12.1. The summed E-state index contributed by atoms with van der Waals surface area (Å²) in [5.41, 5.74) is 0. The van der Waals surface area contributed by atoms with E-state index in [1.165, 1.54) is 0 Å². The van der Waals surface area contributed by atoms with E-state index >= 15 is 0 Å². The highest BCUT2D eigenvalue weighted by Gasteiger charge is 2.13. The van der Waals surface area contributed by atoms with Gasteiger partial charge in [0, 0.05) is 32.7 Å². The summed E-state index contributed by atoms with van der Waals surface area (Å²) in [5, 5.41) is 3.36. The van der Waals surface area contributed by atoms with Gasteiger partial charge in [-0.3, -0.25) is 4.90 Å². The Labute approximate surface area is 105 Å². The molecule has 0 radical (unpaired) electrons. The lowest BCUT2D eigenvalue weighted by atomic mass is 9.91. The Morgan fingerprint density at radius 3 is 2.76 bits per heavy atom. The molecule has 0 aromatic rings. The number of allylic oxidation sites excluding steroid dienone is 3. The van der Waals surface area contributed by atoms with Crippen LogP contribution in [0, 0.1) is 11.8 Å². The SMILES string of the molecule is CC1C=CC(OCCN2CCNCC2)=CC1C. The lowest BCUT2D eigenvalue weighted by Gasteiger charge is -2.27. The molecule has 0 spiro atoms. The zero-order valence-electron chi connectivity index (χ0n) is 11.0. The Kier molecular flexibility index (Phi) is 4.63. The molecular weight excluding hydrogens is 212 g/mol. The van der Waals surface area contributed by atoms with Crippen molar-refractivity contribution in [2.24, 2.45) is 11.8 Å². The maximum absolute atomic E-state index is 5.82. The second-order valence-electron chi connectivity index (χ2n) is 5.09. The topological polar surface area (TPSA) is 24.5 Å². The van der Waals surface area contributed by atoms with E-state index in [-0.39, 0.29) is 0 Å².